The van der Waals surface area contributed by atoms with Gasteiger partial charge in [0.15, 0.2) is 0 Å². The minimum absolute atomic E-state index is 0. The van der Waals surface area contributed by atoms with Crippen molar-refractivity contribution in [3.05, 3.63) is 54.7 Å². The fraction of sp³-hybridized carbons (Fsp3) is 0.154. The molecule has 0 fully saturated rings. The number of rotatable bonds is 1. The Bertz CT molecular complexity index is 392. The number of pyridine rings is 1. The van der Waals surface area contributed by atoms with Crippen LogP contribution in [0, 0.1) is 6.07 Å². The molecule has 2 nitrogen and oxygen atoms in total. The zero-order chi connectivity index (χ0) is 11.8. The van der Waals surface area contributed by atoms with E-state index in [2.05, 4.69) is 11.1 Å². The quantitative estimate of drug-likeness (QED) is 0.598. The Morgan fingerprint density at radius 3 is 2.24 bits per heavy atom. The van der Waals surface area contributed by atoms with Crippen LogP contribution in [-0.4, -0.2) is 21.7 Å². The minimum Gasteiger partial charge on any atom is -0.305 e. The van der Waals surface area contributed by atoms with Crippen molar-refractivity contribution in [3.63, 3.8) is 0 Å². The summed E-state index contributed by atoms with van der Waals surface area (Å²) in [6.07, 6.45) is 5.07. The molecule has 0 bridgehead atoms. The molecule has 0 amide bonds. The molecule has 0 saturated carbocycles. The minimum atomic E-state index is -0.611. The van der Waals surface area contributed by atoms with Gasteiger partial charge in [0.1, 0.15) is 0 Å². The van der Waals surface area contributed by atoms with Gasteiger partial charge in [-0.1, -0.05) is 12.1 Å². The smallest absolute Gasteiger partial charge is 0.305 e. The maximum Gasteiger partial charge on any atom is 2.00 e. The van der Waals surface area contributed by atoms with Crippen LogP contribution in [0.25, 0.3) is 11.3 Å². The largest absolute Gasteiger partial charge is 2.00 e. The predicted molar refractivity (Wildman–Crippen MR) is 68.5 cm³/mol. The fourth-order valence-electron chi connectivity index (χ4n) is 1.07. The molecule has 0 atom stereocenters. The molecular formula is C13H14CuNOS+. The fourth-order valence-corrected chi connectivity index (χ4v) is 1.07. The van der Waals surface area contributed by atoms with E-state index in [9.17, 15) is 4.21 Å². The Labute approximate surface area is 115 Å². The zero-order valence-electron chi connectivity index (χ0n) is 9.68. The molecule has 0 aliphatic rings. The van der Waals surface area contributed by atoms with E-state index in [1.165, 1.54) is 0 Å². The van der Waals surface area contributed by atoms with Crippen LogP contribution in [0.3, 0.4) is 0 Å². The summed E-state index contributed by atoms with van der Waals surface area (Å²) >= 11 is 0. The molecule has 0 aliphatic carbocycles. The Kier molecular flexibility index (Phi) is 8.59. The van der Waals surface area contributed by atoms with Crippen LogP contribution in [-0.2, 0) is 27.9 Å². The molecule has 2 aromatic rings. The average Bonchev–Trinajstić information content (AvgIpc) is 2.31. The van der Waals surface area contributed by atoms with Crippen molar-refractivity contribution in [1.82, 2.24) is 4.98 Å². The Morgan fingerprint density at radius 2 is 1.76 bits per heavy atom. The van der Waals surface area contributed by atoms with E-state index in [1.54, 1.807) is 18.7 Å². The molecule has 0 N–H and O–H groups in total. The van der Waals surface area contributed by atoms with Crippen molar-refractivity contribution in [1.29, 1.82) is 0 Å². The van der Waals surface area contributed by atoms with Gasteiger partial charge in [-0.25, -0.2) is 0 Å². The molecule has 93 valence electrons. The van der Waals surface area contributed by atoms with Gasteiger partial charge in [-0.05, 0) is 11.8 Å². The van der Waals surface area contributed by atoms with E-state index in [0.717, 1.165) is 11.3 Å². The number of hydrogen-bond acceptors (Lipinski definition) is 2. The Hall–Kier alpha value is -0.961. The average molecular weight is 296 g/mol. The summed E-state index contributed by atoms with van der Waals surface area (Å²) in [7, 11) is -0.611. The summed E-state index contributed by atoms with van der Waals surface area (Å²) in [5, 5.41) is 0. The van der Waals surface area contributed by atoms with Crippen molar-refractivity contribution in [2.45, 2.75) is 0 Å². The van der Waals surface area contributed by atoms with Crippen LogP contribution in [0.5, 0.6) is 0 Å². The summed E-state index contributed by atoms with van der Waals surface area (Å²) in [5.41, 5.74) is 2.01. The summed E-state index contributed by atoms with van der Waals surface area (Å²) in [6.45, 7) is 0. The van der Waals surface area contributed by atoms with Gasteiger partial charge >= 0.3 is 17.1 Å². The van der Waals surface area contributed by atoms with Crippen LogP contribution < -0.4 is 0 Å². The Balaban J connectivity index is 0.000000453. The molecule has 1 aromatic carbocycles. The maximum atomic E-state index is 9.56. The van der Waals surface area contributed by atoms with Crippen molar-refractivity contribution in [2.24, 2.45) is 0 Å². The molecule has 17 heavy (non-hydrogen) atoms. The maximum absolute atomic E-state index is 9.56. The first kappa shape index (κ1) is 16.0. The molecule has 4 heteroatoms. The van der Waals surface area contributed by atoms with E-state index >= 15 is 0 Å². The number of aromatic nitrogens is 1. The predicted octanol–water partition coefficient (Wildman–Crippen LogP) is 2.54. The third-order valence-corrected chi connectivity index (χ3v) is 1.65. The zero-order valence-corrected chi connectivity index (χ0v) is 11.4. The van der Waals surface area contributed by atoms with Crippen LogP contribution in [0.15, 0.2) is 48.7 Å². The first-order chi connectivity index (χ1) is 7.70. The number of hydrogen-bond donors (Lipinski definition) is 0. The second-order valence-corrected chi connectivity index (χ2v) is 4.72. The second-order valence-electron chi connectivity index (χ2n) is 3.23. The first-order valence-electron chi connectivity index (χ1n) is 4.83. The molecule has 0 aliphatic heterocycles. The topological polar surface area (TPSA) is 30.0 Å². The van der Waals surface area contributed by atoms with Crippen LogP contribution in [0.4, 0.5) is 0 Å². The van der Waals surface area contributed by atoms with Crippen molar-refractivity contribution in [3.8, 4) is 11.3 Å². The van der Waals surface area contributed by atoms with Gasteiger partial charge in [0.05, 0.1) is 0 Å². The summed E-state index contributed by atoms with van der Waals surface area (Å²) in [6, 6.07) is 16.8. The number of nitrogens with zero attached hydrogens (tertiary/aromatic N) is 1. The molecule has 2 rings (SSSR count). The Morgan fingerprint density at radius 1 is 1.12 bits per heavy atom. The first-order valence-corrected chi connectivity index (χ1v) is 6.80. The molecule has 0 unspecified atom stereocenters. The summed E-state index contributed by atoms with van der Waals surface area (Å²) < 4.78 is 9.56. The van der Waals surface area contributed by atoms with E-state index in [-0.39, 0.29) is 17.1 Å². The van der Waals surface area contributed by atoms with Crippen LogP contribution in [0.2, 0.25) is 0 Å². The summed E-state index contributed by atoms with van der Waals surface area (Å²) in [4.78, 5) is 4.22. The third-order valence-electron chi connectivity index (χ3n) is 1.65. The second kappa shape index (κ2) is 9.11. The molecular weight excluding hydrogens is 282 g/mol. The summed E-state index contributed by atoms with van der Waals surface area (Å²) in [5.74, 6) is 0. The van der Waals surface area contributed by atoms with E-state index in [1.807, 2.05) is 42.5 Å². The third kappa shape index (κ3) is 7.05. The van der Waals surface area contributed by atoms with Crippen molar-refractivity contribution in [2.75, 3.05) is 12.5 Å². The van der Waals surface area contributed by atoms with Gasteiger partial charge in [-0.2, -0.15) is 0 Å². The van der Waals surface area contributed by atoms with Crippen LogP contribution >= 0.6 is 0 Å². The van der Waals surface area contributed by atoms with E-state index < -0.39 is 10.8 Å². The number of benzene rings is 1. The normalized spacial score (nSPS) is 8.88. The standard InChI is InChI=1S/C11H8N.C2H6OS.Cu/c1-2-6-10(7-3-1)11-8-4-5-9-12-11;1-4(2)3;/h1-6,8-9H;1-2H3;/q-1;;+2. The van der Waals surface area contributed by atoms with E-state index in [0.29, 0.717) is 0 Å². The van der Waals surface area contributed by atoms with Gasteiger partial charge in [-0.15, -0.1) is 35.9 Å². The van der Waals surface area contributed by atoms with Gasteiger partial charge < -0.3 is 4.98 Å². The monoisotopic (exact) mass is 295 g/mol. The molecule has 1 radical (unpaired) electrons. The molecule has 0 spiro atoms. The van der Waals surface area contributed by atoms with Gasteiger partial charge in [0, 0.05) is 29.5 Å². The van der Waals surface area contributed by atoms with Crippen molar-refractivity contribution >= 4 is 10.8 Å². The molecule has 1 aromatic heterocycles. The van der Waals surface area contributed by atoms with Crippen molar-refractivity contribution < 1.29 is 21.3 Å². The van der Waals surface area contributed by atoms with Gasteiger partial charge in [0.25, 0.3) is 0 Å². The van der Waals surface area contributed by atoms with Gasteiger partial charge in [-0.3, -0.25) is 4.21 Å². The van der Waals surface area contributed by atoms with Crippen LogP contribution in [0.1, 0.15) is 0 Å². The van der Waals surface area contributed by atoms with Gasteiger partial charge in [0.2, 0.25) is 0 Å². The SMILES string of the molecule is CS(C)=O.[Cu+2].[c-]1ccccc1-c1ccccn1. The molecule has 0 saturated heterocycles. The van der Waals surface area contributed by atoms with E-state index in [4.69, 9.17) is 0 Å². The molecule has 1 heterocycles.